The molecule has 0 amide bonds. The average molecular weight is 199 g/mol. The minimum absolute atomic E-state index is 0.0854. The van der Waals surface area contributed by atoms with E-state index in [2.05, 4.69) is 4.98 Å². The highest BCUT2D eigenvalue weighted by Gasteiger charge is 2.11. The van der Waals surface area contributed by atoms with Gasteiger partial charge in [-0.05, 0) is 0 Å². The Hall–Kier alpha value is -1.85. The Labute approximate surface area is 86.1 Å². The van der Waals surface area contributed by atoms with Gasteiger partial charge in [-0.1, -0.05) is 0 Å². The van der Waals surface area contributed by atoms with E-state index < -0.39 is 25.2 Å². The van der Waals surface area contributed by atoms with E-state index in [-0.39, 0.29) is 22.8 Å². The van der Waals surface area contributed by atoms with Gasteiger partial charge in [-0.15, -0.1) is 0 Å². The Kier molecular flexibility index (Phi) is 0.841. The lowest BCUT2D eigenvalue weighted by Gasteiger charge is -2.02. The number of aryl methyl sites for hydroxylation is 2. The normalized spacial score (nSPS) is 17.0. The van der Waals surface area contributed by atoms with Gasteiger partial charge in [-0.3, -0.25) is 13.9 Å². The summed E-state index contributed by atoms with van der Waals surface area (Å²) in [4.78, 5) is 27.8. The molecule has 0 saturated heterocycles. The Bertz CT molecular complexity index is 740. The molecule has 0 unspecified atom stereocenters. The summed E-state index contributed by atoms with van der Waals surface area (Å²) in [6, 6.07) is 0. The molecule has 0 aliphatic carbocycles. The Balaban J connectivity index is 3.07. The van der Waals surface area contributed by atoms with Crippen molar-refractivity contribution >= 4 is 11.2 Å². The molecule has 0 fully saturated rings. The summed E-state index contributed by atoms with van der Waals surface area (Å²) in [5, 5.41) is 0. The van der Waals surface area contributed by atoms with Gasteiger partial charge in [0.15, 0.2) is 11.2 Å². The van der Waals surface area contributed by atoms with E-state index in [4.69, 9.17) is 6.85 Å². The first-order chi connectivity index (χ1) is 8.82. The molecule has 2 heterocycles. The van der Waals surface area contributed by atoms with Crippen LogP contribution in [0.15, 0.2) is 15.9 Å². The topological polar surface area (TPSA) is 61.8 Å². The van der Waals surface area contributed by atoms with Crippen LogP contribution >= 0.6 is 0 Å². The number of aromatic nitrogens is 4. The number of imidazole rings is 1. The van der Waals surface area contributed by atoms with Crippen LogP contribution in [0.2, 0.25) is 0 Å². The zero-order valence-electron chi connectivity index (χ0n) is 12.1. The highest BCUT2D eigenvalue weighted by atomic mass is 16.2. The van der Waals surface area contributed by atoms with Crippen LogP contribution in [0.5, 0.6) is 0 Å². The fraction of sp³-hybridized carbons (Fsp3) is 0.375. The van der Waals surface area contributed by atoms with Crippen LogP contribution < -0.4 is 11.2 Å². The molecule has 14 heavy (non-hydrogen) atoms. The van der Waals surface area contributed by atoms with Gasteiger partial charge in [-0.25, -0.2) is 9.78 Å². The second-order valence-corrected chi connectivity index (χ2v) is 2.74. The van der Waals surface area contributed by atoms with E-state index in [1.54, 1.807) is 0 Å². The van der Waals surface area contributed by atoms with Gasteiger partial charge in [0.2, 0.25) is 0 Å². The molecule has 2 rings (SSSR count). The largest absolute Gasteiger partial charge is 0.332 e. The average Bonchev–Trinajstić information content (AvgIpc) is 2.71. The lowest BCUT2D eigenvalue weighted by molar-refractivity contribution is 0.705. The van der Waals surface area contributed by atoms with Crippen molar-refractivity contribution < 1.29 is 6.85 Å². The van der Waals surface area contributed by atoms with Crippen LogP contribution in [0.4, 0.5) is 0 Å². The van der Waals surface area contributed by atoms with Crippen LogP contribution in [0.1, 0.15) is 6.85 Å². The SMILES string of the molecule is [2H]Cn1cnc2c1c(=O)n(C([2H])([2H])[2H])c(=O)n2C[2H]. The molecule has 0 bridgehead atoms. The maximum atomic E-state index is 12.1. The molecule has 6 heteroatoms. The second kappa shape index (κ2) is 2.57. The van der Waals surface area contributed by atoms with Gasteiger partial charge in [0.25, 0.3) is 5.56 Å². The molecular weight excluding hydrogens is 184 g/mol. The number of rotatable bonds is 0. The summed E-state index contributed by atoms with van der Waals surface area (Å²) in [6.07, 6.45) is 1.16. The third-order valence-electron chi connectivity index (χ3n) is 1.90. The Morgan fingerprint density at radius 2 is 2.21 bits per heavy atom. The van der Waals surface area contributed by atoms with E-state index in [1.807, 2.05) is 0 Å². The molecule has 0 atom stereocenters. The summed E-state index contributed by atoms with van der Waals surface area (Å²) in [5.41, 5.74) is -2.40. The Morgan fingerprint density at radius 1 is 1.36 bits per heavy atom. The van der Waals surface area contributed by atoms with E-state index in [1.165, 1.54) is 0 Å². The van der Waals surface area contributed by atoms with Crippen molar-refractivity contribution in [3.8, 4) is 0 Å². The molecule has 2 aromatic heterocycles. The zero-order valence-corrected chi connectivity index (χ0v) is 7.10. The third-order valence-corrected chi connectivity index (χ3v) is 1.90. The van der Waals surface area contributed by atoms with Gasteiger partial charge < -0.3 is 4.57 Å². The van der Waals surface area contributed by atoms with Gasteiger partial charge in [0.05, 0.1) is 6.33 Å². The van der Waals surface area contributed by atoms with E-state index in [9.17, 15) is 9.59 Å². The number of nitrogens with zero attached hydrogens (tertiary/aromatic N) is 4. The molecule has 0 spiro atoms. The maximum Gasteiger partial charge on any atom is 0.332 e. The third kappa shape index (κ3) is 0.876. The van der Waals surface area contributed by atoms with Crippen LogP contribution in [0, 0.1) is 0 Å². The first-order valence-corrected chi connectivity index (χ1v) is 3.62. The van der Waals surface area contributed by atoms with Crippen LogP contribution in [0.25, 0.3) is 11.2 Å². The lowest BCUT2D eigenvalue weighted by Crippen LogP contribution is -2.37. The summed E-state index contributed by atoms with van der Waals surface area (Å²) < 4.78 is 38.2. The van der Waals surface area contributed by atoms with E-state index in [0.29, 0.717) is 0 Å². The lowest BCUT2D eigenvalue weighted by atomic mass is 10.5. The summed E-state index contributed by atoms with van der Waals surface area (Å²) in [6.45, 7) is -2.95. The minimum Gasteiger partial charge on any atom is -0.328 e. The predicted molar refractivity (Wildman–Crippen MR) is 51.2 cm³/mol. The fourth-order valence-corrected chi connectivity index (χ4v) is 1.19. The standard InChI is InChI=1S/C8H10N4O2/c1-10-4-9-6-5(10)7(13)12(3)8(14)11(6)2/h4H,1-3H3/i1D,2D,3D3. The van der Waals surface area contributed by atoms with Crippen molar-refractivity contribution in [2.24, 2.45) is 21.0 Å². The van der Waals surface area contributed by atoms with Gasteiger partial charge in [0, 0.05) is 27.9 Å². The van der Waals surface area contributed by atoms with Crippen molar-refractivity contribution in [3.05, 3.63) is 27.2 Å². The molecule has 0 saturated carbocycles. The first-order valence-electron chi connectivity index (χ1n) is 6.54. The number of hydrogen-bond donors (Lipinski definition) is 0. The summed E-state index contributed by atoms with van der Waals surface area (Å²) in [5.74, 6) is 0. The van der Waals surface area contributed by atoms with E-state index in [0.717, 1.165) is 15.5 Å². The molecule has 6 nitrogen and oxygen atoms in total. The van der Waals surface area contributed by atoms with Crippen molar-refractivity contribution in [1.82, 2.24) is 18.7 Å². The monoisotopic (exact) mass is 199 g/mol. The predicted octanol–water partition coefficient (Wildman–Crippen LogP) is -1.03. The highest BCUT2D eigenvalue weighted by molar-refractivity contribution is 5.69. The number of fused-ring (bicyclic) bond motifs is 1. The van der Waals surface area contributed by atoms with Crippen molar-refractivity contribution in [2.75, 3.05) is 0 Å². The van der Waals surface area contributed by atoms with Crippen LogP contribution in [0.3, 0.4) is 0 Å². The number of hydrogen-bond acceptors (Lipinski definition) is 3. The smallest absolute Gasteiger partial charge is 0.328 e. The van der Waals surface area contributed by atoms with Crippen LogP contribution in [-0.4, -0.2) is 18.7 Å². The first kappa shape index (κ1) is 4.59. The second-order valence-electron chi connectivity index (χ2n) is 2.74. The Morgan fingerprint density at radius 3 is 2.86 bits per heavy atom. The van der Waals surface area contributed by atoms with Crippen molar-refractivity contribution in [2.45, 2.75) is 0 Å². The molecule has 0 radical (unpaired) electrons. The van der Waals surface area contributed by atoms with Crippen molar-refractivity contribution in [1.29, 1.82) is 0 Å². The molecule has 0 N–H and O–H groups in total. The van der Waals surface area contributed by atoms with Gasteiger partial charge >= 0.3 is 5.69 Å². The van der Waals surface area contributed by atoms with Crippen molar-refractivity contribution in [3.63, 3.8) is 0 Å². The van der Waals surface area contributed by atoms with Gasteiger partial charge in [-0.2, -0.15) is 0 Å². The molecule has 0 aliphatic heterocycles. The highest BCUT2D eigenvalue weighted by Crippen LogP contribution is 2.01. The quantitative estimate of drug-likeness (QED) is 0.545. The molecule has 2 aromatic rings. The van der Waals surface area contributed by atoms with Gasteiger partial charge in [0.1, 0.15) is 0 Å². The summed E-state index contributed by atoms with van der Waals surface area (Å²) >= 11 is 0. The van der Waals surface area contributed by atoms with Crippen LogP contribution in [-0.2, 0) is 21.0 Å². The fourth-order valence-electron chi connectivity index (χ4n) is 1.19. The molecule has 0 aliphatic rings. The van der Waals surface area contributed by atoms with E-state index >= 15 is 0 Å². The minimum atomic E-state index is -2.95. The molecular formula is C8H10N4O2. The molecule has 0 aromatic carbocycles. The maximum absolute atomic E-state index is 12.1. The summed E-state index contributed by atoms with van der Waals surface area (Å²) in [7, 11) is -0.913. The molecule has 74 valence electrons. The zero-order chi connectivity index (χ0) is 14.4.